The van der Waals surface area contributed by atoms with E-state index in [0.29, 0.717) is 16.9 Å². The molecule has 0 aromatic heterocycles. The Labute approximate surface area is 188 Å². The molecule has 0 aliphatic heterocycles. The summed E-state index contributed by atoms with van der Waals surface area (Å²) in [6.07, 6.45) is 4.42. The number of nitrogens with one attached hydrogen (secondary N) is 2. The van der Waals surface area contributed by atoms with Crippen molar-refractivity contribution in [3.63, 3.8) is 0 Å². The fourth-order valence-electron chi connectivity index (χ4n) is 3.05. The van der Waals surface area contributed by atoms with E-state index in [2.05, 4.69) is 17.6 Å². The number of benzene rings is 2. The van der Waals surface area contributed by atoms with Crippen LogP contribution in [0.25, 0.3) is 0 Å². The van der Waals surface area contributed by atoms with Crippen molar-refractivity contribution in [2.24, 2.45) is 0 Å². The summed E-state index contributed by atoms with van der Waals surface area (Å²) < 4.78 is 4.95. The molecule has 0 heterocycles. The van der Waals surface area contributed by atoms with E-state index in [4.69, 9.17) is 4.74 Å². The first-order valence-corrected chi connectivity index (χ1v) is 10.8. The molecule has 7 heteroatoms. The lowest BCUT2D eigenvalue weighted by molar-refractivity contribution is -0.147. The van der Waals surface area contributed by atoms with Crippen LogP contribution in [-0.4, -0.2) is 30.2 Å². The van der Waals surface area contributed by atoms with Gasteiger partial charge in [0.05, 0.1) is 6.42 Å². The highest BCUT2D eigenvalue weighted by atomic mass is 16.5. The van der Waals surface area contributed by atoms with E-state index in [9.17, 15) is 19.2 Å². The maximum atomic E-state index is 12.3. The Kier molecular flexibility index (Phi) is 10.1. The van der Waals surface area contributed by atoms with Gasteiger partial charge in [0.25, 0.3) is 5.91 Å². The predicted octanol–water partition coefficient (Wildman–Crippen LogP) is 4.52. The number of anilines is 2. The average Bonchev–Trinajstić information content (AvgIpc) is 2.77. The van der Waals surface area contributed by atoms with Crippen LogP contribution in [-0.2, 0) is 25.5 Å². The van der Waals surface area contributed by atoms with E-state index in [-0.39, 0.29) is 24.5 Å². The van der Waals surface area contributed by atoms with E-state index >= 15 is 0 Å². The van der Waals surface area contributed by atoms with Crippen molar-refractivity contribution >= 4 is 34.9 Å². The number of aryl methyl sites for hydroxylation is 1. The molecule has 170 valence electrons. The Balaban J connectivity index is 1.69. The van der Waals surface area contributed by atoms with Crippen LogP contribution in [0, 0.1) is 0 Å². The zero-order chi connectivity index (χ0) is 23.3. The number of hydrogen-bond donors (Lipinski definition) is 2. The van der Waals surface area contributed by atoms with Crippen LogP contribution in [0.4, 0.5) is 11.4 Å². The molecule has 0 spiro atoms. The second kappa shape index (κ2) is 13.0. The largest absolute Gasteiger partial charge is 0.456 e. The first-order valence-electron chi connectivity index (χ1n) is 10.8. The van der Waals surface area contributed by atoms with E-state index < -0.39 is 18.5 Å². The highest BCUT2D eigenvalue weighted by molar-refractivity contribution is 5.98. The zero-order valence-electron chi connectivity index (χ0n) is 18.6. The van der Waals surface area contributed by atoms with Crippen LogP contribution < -0.4 is 10.6 Å². The molecule has 0 aliphatic carbocycles. The smallest absolute Gasteiger partial charge is 0.306 e. The summed E-state index contributed by atoms with van der Waals surface area (Å²) >= 11 is 0. The van der Waals surface area contributed by atoms with Gasteiger partial charge in [-0.15, -0.1) is 0 Å². The predicted molar refractivity (Wildman–Crippen MR) is 124 cm³/mol. The molecule has 0 fully saturated rings. The topological polar surface area (TPSA) is 102 Å². The Hall–Kier alpha value is -3.48. The first-order chi connectivity index (χ1) is 15.4. The van der Waals surface area contributed by atoms with Crippen LogP contribution in [0.2, 0.25) is 0 Å². The van der Waals surface area contributed by atoms with Gasteiger partial charge in [0.2, 0.25) is 5.91 Å². The molecule has 2 N–H and O–H groups in total. The second-order valence-corrected chi connectivity index (χ2v) is 7.54. The lowest BCUT2D eigenvalue weighted by Gasteiger charge is -2.08. The van der Waals surface area contributed by atoms with Crippen molar-refractivity contribution < 1.29 is 23.9 Å². The second-order valence-electron chi connectivity index (χ2n) is 7.54. The number of esters is 1. The molecule has 0 radical (unpaired) electrons. The summed E-state index contributed by atoms with van der Waals surface area (Å²) in [4.78, 5) is 47.1. The molecule has 0 saturated heterocycles. The van der Waals surface area contributed by atoms with Crippen LogP contribution >= 0.6 is 0 Å². The molecule has 7 nitrogen and oxygen atoms in total. The maximum Gasteiger partial charge on any atom is 0.306 e. The summed E-state index contributed by atoms with van der Waals surface area (Å²) in [5, 5.41) is 5.22. The van der Waals surface area contributed by atoms with Gasteiger partial charge >= 0.3 is 5.97 Å². The quantitative estimate of drug-likeness (QED) is 0.288. The molecule has 0 bridgehead atoms. The number of rotatable bonds is 12. The van der Waals surface area contributed by atoms with Gasteiger partial charge < -0.3 is 15.4 Å². The van der Waals surface area contributed by atoms with Gasteiger partial charge in [0, 0.05) is 30.3 Å². The normalized spacial score (nSPS) is 10.3. The molecular formula is C25H30N2O5. The lowest BCUT2D eigenvalue weighted by atomic mass is 10.0. The molecule has 0 unspecified atom stereocenters. The molecule has 2 rings (SSSR count). The van der Waals surface area contributed by atoms with Crippen molar-refractivity contribution in [2.45, 2.75) is 52.4 Å². The van der Waals surface area contributed by atoms with Gasteiger partial charge in [-0.3, -0.25) is 19.2 Å². The van der Waals surface area contributed by atoms with Crippen LogP contribution in [0.3, 0.4) is 0 Å². The van der Waals surface area contributed by atoms with Gasteiger partial charge in [-0.2, -0.15) is 0 Å². The highest BCUT2D eigenvalue weighted by Crippen LogP contribution is 2.14. The molecule has 2 amide bonds. The third-order valence-corrected chi connectivity index (χ3v) is 4.75. The SMILES string of the molecule is CCCCCc1ccc(C(=O)CCC(=O)OCC(=O)Nc2ccc(NC(C)=O)cc2)cc1. The third-order valence-electron chi connectivity index (χ3n) is 4.75. The van der Waals surface area contributed by atoms with E-state index in [1.807, 2.05) is 12.1 Å². The summed E-state index contributed by atoms with van der Waals surface area (Å²) in [5.41, 5.74) is 2.88. The fourth-order valence-corrected chi connectivity index (χ4v) is 3.05. The number of ether oxygens (including phenoxy) is 1. The van der Waals surface area contributed by atoms with Crippen molar-refractivity contribution in [1.82, 2.24) is 0 Å². The van der Waals surface area contributed by atoms with Crippen molar-refractivity contribution in [3.8, 4) is 0 Å². The summed E-state index contributed by atoms with van der Waals surface area (Å²) in [5.74, 6) is -1.42. The molecule has 2 aromatic rings. The first kappa shape index (κ1) is 24.8. The van der Waals surface area contributed by atoms with Crippen LogP contribution in [0.5, 0.6) is 0 Å². The number of hydrogen-bond acceptors (Lipinski definition) is 5. The number of carbonyl (C=O) groups excluding carboxylic acids is 4. The van der Waals surface area contributed by atoms with E-state index in [1.165, 1.54) is 25.3 Å². The van der Waals surface area contributed by atoms with Crippen LogP contribution in [0.15, 0.2) is 48.5 Å². The van der Waals surface area contributed by atoms with Gasteiger partial charge in [0.1, 0.15) is 0 Å². The number of amides is 2. The fraction of sp³-hybridized carbons (Fsp3) is 0.360. The number of ketones is 1. The van der Waals surface area contributed by atoms with Gasteiger partial charge in [-0.25, -0.2) is 0 Å². The highest BCUT2D eigenvalue weighted by Gasteiger charge is 2.12. The van der Waals surface area contributed by atoms with Gasteiger partial charge in [0.15, 0.2) is 12.4 Å². The molecule has 32 heavy (non-hydrogen) atoms. The Morgan fingerprint density at radius 2 is 1.44 bits per heavy atom. The Morgan fingerprint density at radius 3 is 2.03 bits per heavy atom. The molecular weight excluding hydrogens is 408 g/mol. The summed E-state index contributed by atoms with van der Waals surface area (Å²) in [6.45, 7) is 3.13. The minimum atomic E-state index is -0.606. The molecule has 0 atom stereocenters. The monoisotopic (exact) mass is 438 g/mol. The third kappa shape index (κ3) is 9.12. The molecule has 2 aromatic carbocycles. The lowest BCUT2D eigenvalue weighted by Crippen LogP contribution is -2.21. The zero-order valence-corrected chi connectivity index (χ0v) is 18.6. The summed E-state index contributed by atoms with van der Waals surface area (Å²) in [6, 6.07) is 14.0. The van der Waals surface area contributed by atoms with Gasteiger partial charge in [-0.05, 0) is 42.7 Å². The number of carbonyl (C=O) groups is 4. The number of Topliss-reactive ketones (excluding diaryl/α,β-unsaturated/α-hetero) is 1. The minimum Gasteiger partial charge on any atom is -0.456 e. The maximum absolute atomic E-state index is 12.3. The van der Waals surface area contributed by atoms with Crippen LogP contribution in [0.1, 0.15) is 61.9 Å². The van der Waals surface area contributed by atoms with Crippen molar-refractivity contribution in [2.75, 3.05) is 17.2 Å². The average molecular weight is 439 g/mol. The number of unbranched alkanes of at least 4 members (excludes halogenated alkanes) is 2. The Morgan fingerprint density at radius 1 is 0.812 bits per heavy atom. The van der Waals surface area contributed by atoms with Crippen molar-refractivity contribution in [1.29, 1.82) is 0 Å². The molecule has 0 saturated carbocycles. The minimum absolute atomic E-state index is 0.0280. The van der Waals surface area contributed by atoms with Crippen molar-refractivity contribution in [3.05, 3.63) is 59.7 Å². The van der Waals surface area contributed by atoms with E-state index in [0.717, 1.165) is 12.8 Å². The standard InChI is InChI=1S/C25H30N2O5/c1-3-4-5-6-19-7-9-20(10-8-19)23(29)15-16-25(31)32-17-24(30)27-22-13-11-21(12-14-22)26-18(2)28/h7-14H,3-6,15-17H2,1-2H3,(H,26,28)(H,27,30). The summed E-state index contributed by atoms with van der Waals surface area (Å²) in [7, 11) is 0. The van der Waals surface area contributed by atoms with Gasteiger partial charge in [-0.1, -0.05) is 44.0 Å². The molecule has 0 aliphatic rings. The Bertz CT molecular complexity index is 920. The van der Waals surface area contributed by atoms with E-state index in [1.54, 1.807) is 36.4 Å².